The van der Waals surface area contributed by atoms with Crippen molar-refractivity contribution < 1.29 is 24.2 Å². The number of aliphatic hydroxyl groups is 1. The fourth-order valence-electron chi connectivity index (χ4n) is 6.61. The van der Waals surface area contributed by atoms with Gasteiger partial charge in [0.25, 0.3) is 5.78 Å². The number of thioether (sulfide) groups is 1. The van der Waals surface area contributed by atoms with E-state index in [1.54, 1.807) is 41.8 Å². The molecule has 0 spiro atoms. The van der Waals surface area contributed by atoms with Gasteiger partial charge in [0.15, 0.2) is 21.6 Å². The predicted octanol–water partition coefficient (Wildman–Crippen LogP) is 8.54. The van der Waals surface area contributed by atoms with E-state index in [1.807, 2.05) is 67.6 Å². The Labute approximate surface area is 313 Å². The number of carbonyl (C=O) groups is 2. The number of anilines is 1. The summed E-state index contributed by atoms with van der Waals surface area (Å²) in [5.74, 6) is -0.455. The van der Waals surface area contributed by atoms with Crippen molar-refractivity contribution in [3.63, 3.8) is 0 Å². The lowest BCUT2D eigenvalue weighted by molar-refractivity contribution is -0.132. The molecule has 1 unspecified atom stereocenters. The topological polar surface area (TPSA) is 119 Å². The van der Waals surface area contributed by atoms with E-state index < -0.39 is 17.7 Å². The number of amides is 1. The third kappa shape index (κ3) is 6.51. The number of benzene rings is 4. The highest BCUT2D eigenvalue weighted by molar-refractivity contribution is 8.00. The number of aliphatic hydroxyl groups excluding tert-OH is 1. The van der Waals surface area contributed by atoms with Crippen LogP contribution in [-0.2, 0) is 21.9 Å². The number of aromatic nitrogens is 4. The second kappa shape index (κ2) is 14.6. The Balaban J connectivity index is 1.20. The number of aryl methyl sites for hydroxylation is 1. The number of hydrogen-bond acceptors (Lipinski definition) is 10. The summed E-state index contributed by atoms with van der Waals surface area (Å²) in [5.41, 5.74) is 3.97. The fraction of sp³-hybridized carbons (Fsp3) is 0.146. The van der Waals surface area contributed by atoms with Crippen LogP contribution in [-0.4, -0.2) is 43.0 Å². The molecule has 1 aliphatic rings. The second-order valence-corrected chi connectivity index (χ2v) is 14.5. The lowest BCUT2D eigenvalue weighted by atomic mass is 9.96. The minimum Gasteiger partial charge on any atom is -0.505 e. The van der Waals surface area contributed by atoms with Crippen molar-refractivity contribution in [2.24, 2.45) is 0 Å². The van der Waals surface area contributed by atoms with Crippen molar-refractivity contribution in [3.05, 3.63) is 149 Å². The molecule has 53 heavy (non-hydrogen) atoms. The Morgan fingerprint density at radius 1 is 0.887 bits per heavy atom. The molecule has 0 aliphatic carbocycles. The molecule has 7 aromatic rings. The van der Waals surface area contributed by atoms with Crippen LogP contribution in [0.2, 0.25) is 0 Å². The van der Waals surface area contributed by atoms with Gasteiger partial charge in [-0.2, -0.15) is 0 Å². The van der Waals surface area contributed by atoms with E-state index in [1.165, 1.54) is 28.0 Å². The summed E-state index contributed by atoms with van der Waals surface area (Å²) in [6.07, 6.45) is 1.76. The summed E-state index contributed by atoms with van der Waals surface area (Å²) < 4.78 is 14.5. The number of Topliss-reactive ketones (excluding diaryl/α,β-unsaturated/α-hetero) is 1. The maximum atomic E-state index is 14.1. The fourth-order valence-corrected chi connectivity index (χ4v) is 8.48. The summed E-state index contributed by atoms with van der Waals surface area (Å²) >= 11 is 2.72. The Morgan fingerprint density at radius 3 is 2.53 bits per heavy atom. The number of ether oxygens (including phenoxy) is 2. The maximum Gasteiger partial charge on any atom is 0.301 e. The molecule has 264 valence electrons. The molecule has 4 aromatic carbocycles. The van der Waals surface area contributed by atoms with Crippen molar-refractivity contribution in [1.29, 1.82) is 0 Å². The van der Waals surface area contributed by atoms with Gasteiger partial charge >= 0.3 is 5.91 Å². The summed E-state index contributed by atoms with van der Waals surface area (Å²) in [7, 11) is 0. The zero-order valence-electron chi connectivity index (χ0n) is 28.8. The van der Waals surface area contributed by atoms with E-state index in [-0.39, 0.29) is 16.5 Å². The molecule has 8 rings (SSSR count). The van der Waals surface area contributed by atoms with Crippen molar-refractivity contribution in [2.45, 2.75) is 36.6 Å². The quantitative estimate of drug-likeness (QED) is 0.0458. The van der Waals surface area contributed by atoms with Crippen LogP contribution >= 0.6 is 23.1 Å². The van der Waals surface area contributed by atoms with E-state index in [0.717, 1.165) is 21.9 Å². The Morgan fingerprint density at radius 2 is 1.68 bits per heavy atom. The number of rotatable bonds is 11. The van der Waals surface area contributed by atoms with Gasteiger partial charge in [-0.25, -0.2) is 4.98 Å². The van der Waals surface area contributed by atoms with Crippen molar-refractivity contribution in [2.75, 3.05) is 11.5 Å². The van der Waals surface area contributed by atoms with Gasteiger partial charge in [0.1, 0.15) is 17.9 Å². The van der Waals surface area contributed by atoms with Gasteiger partial charge in [-0.05, 0) is 65.6 Å². The SMILES string of the molecule is CCOc1cc(C2C(=C(O)c3c(C)nc4ccccn34)C(=O)C(=O)N2c2nnc(SCc3cccc4ccccc34)s2)ccc1OCc1ccccc1. The lowest BCUT2D eigenvalue weighted by Crippen LogP contribution is -2.29. The highest BCUT2D eigenvalue weighted by Gasteiger charge is 2.49. The number of fused-ring (bicyclic) bond motifs is 2. The highest BCUT2D eigenvalue weighted by Crippen LogP contribution is 2.46. The average Bonchev–Trinajstić information content (AvgIpc) is 3.86. The third-order valence-electron chi connectivity index (χ3n) is 9.03. The van der Waals surface area contributed by atoms with Gasteiger partial charge in [0, 0.05) is 11.9 Å². The van der Waals surface area contributed by atoms with Gasteiger partial charge in [0.05, 0.1) is 23.9 Å². The van der Waals surface area contributed by atoms with Crippen molar-refractivity contribution >= 4 is 62.1 Å². The number of ketones is 1. The van der Waals surface area contributed by atoms with Crippen LogP contribution in [0, 0.1) is 6.92 Å². The lowest BCUT2D eigenvalue weighted by Gasteiger charge is -2.23. The number of nitrogens with zero attached hydrogens (tertiary/aromatic N) is 5. The molecule has 1 N–H and O–H groups in total. The minimum atomic E-state index is -1.06. The van der Waals surface area contributed by atoms with E-state index in [0.29, 0.717) is 57.4 Å². The first kappa shape index (κ1) is 34.1. The Kier molecular flexibility index (Phi) is 9.38. The first-order valence-corrected chi connectivity index (χ1v) is 18.8. The van der Waals surface area contributed by atoms with Gasteiger partial charge < -0.3 is 14.6 Å². The molecule has 1 saturated heterocycles. The molecular weight excluding hydrogens is 707 g/mol. The molecule has 1 aliphatic heterocycles. The molecule has 4 heterocycles. The van der Waals surface area contributed by atoms with Crippen LogP contribution in [0.1, 0.15) is 41.0 Å². The van der Waals surface area contributed by atoms with Crippen molar-refractivity contribution in [3.8, 4) is 11.5 Å². The molecular formula is C41H33N5O5S2. The van der Waals surface area contributed by atoms with Gasteiger partial charge in [-0.1, -0.05) is 108 Å². The van der Waals surface area contributed by atoms with E-state index in [4.69, 9.17) is 9.47 Å². The van der Waals surface area contributed by atoms with Crippen LogP contribution in [0.5, 0.6) is 11.5 Å². The molecule has 0 radical (unpaired) electrons. The van der Waals surface area contributed by atoms with Crippen LogP contribution in [0.3, 0.4) is 0 Å². The first-order chi connectivity index (χ1) is 25.9. The molecule has 0 saturated carbocycles. The number of hydrogen-bond donors (Lipinski definition) is 1. The van der Waals surface area contributed by atoms with Gasteiger partial charge in [-0.3, -0.25) is 18.9 Å². The molecule has 0 bridgehead atoms. The summed E-state index contributed by atoms with van der Waals surface area (Å²) in [6.45, 7) is 4.28. The maximum absolute atomic E-state index is 14.1. The van der Waals surface area contributed by atoms with E-state index in [9.17, 15) is 14.7 Å². The van der Waals surface area contributed by atoms with Crippen LogP contribution in [0.4, 0.5) is 5.13 Å². The summed E-state index contributed by atoms with van der Waals surface area (Å²) in [4.78, 5) is 34.1. The first-order valence-electron chi connectivity index (χ1n) is 17.0. The standard InChI is InChI=1S/C41H33N5O5S2/c1-3-50-32-22-28(19-20-31(32)51-23-26-12-5-4-6-13-26)36-34(37(47)35-25(2)42-33-18-9-10-21-45(33)35)38(48)39(49)46(36)40-43-44-41(53-40)52-24-29-16-11-15-27-14-7-8-17-30(27)29/h4-22,36,47H,3,23-24H2,1-2H3. The summed E-state index contributed by atoms with van der Waals surface area (Å²) in [6, 6.07) is 33.9. The molecule has 1 fully saturated rings. The number of imidazole rings is 1. The third-order valence-corrected chi connectivity index (χ3v) is 11.1. The zero-order chi connectivity index (χ0) is 36.5. The van der Waals surface area contributed by atoms with E-state index in [2.05, 4.69) is 39.4 Å². The predicted molar refractivity (Wildman–Crippen MR) is 207 cm³/mol. The monoisotopic (exact) mass is 739 g/mol. The van der Waals surface area contributed by atoms with Crippen molar-refractivity contribution in [1.82, 2.24) is 19.6 Å². The normalized spacial score (nSPS) is 15.4. The van der Waals surface area contributed by atoms with E-state index >= 15 is 0 Å². The second-order valence-electron chi connectivity index (χ2n) is 12.3. The van der Waals surface area contributed by atoms with Gasteiger partial charge in [-0.15, -0.1) is 10.2 Å². The average molecular weight is 740 g/mol. The summed E-state index contributed by atoms with van der Waals surface area (Å²) in [5, 5.41) is 23.4. The van der Waals surface area contributed by atoms with Crippen LogP contribution in [0.15, 0.2) is 125 Å². The minimum absolute atomic E-state index is 0.0932. The largest absolute Gasteiger partial charge is 0.505 e. The molecule has 10 nitrogen and oxygen atoms in total. The molecule has 3 aromatic heterocycles. The number of carbonyl (C=O) groups excluding carboxylic acids is 2. The van der Waals surface area contributed by atoms with Crippen LogP contribution in [0.25, 0.3) is 22.2 Å². The van der Waals surface area contributed by atoms with Crippen LogP contribution < -0.4 is 14.4 Å². The smallest absolute Gasteiger partial charge is 0.301 e. The molecule has 1 amide bonds. The zero-order valence-corrected chi connectivity index (χ0v) is 30.4. The Hall–Kier alpha value is -5.98. The number of pyridine rings is 1. The Bertz CT molecular complexity index is 2520. The molecule has 1 atom stereocenters. The highest BCUT2D eigenvalue weighted by atomic mass is 32.2. The molecule has 12 heteroatoms. The van der Waals surface area contributed by atoms with Gasteiger partial charge in [0.2, 0.25) is 5.13 Å².